The fourth-order valence-electron chi connectivity index (χ4n) is 1.90. The van der Waals surface area contributed by atoms with Gasteiger partial charge in [-0.2, -0.15) is 12.6 Å². The van der Waals surface area contributed by atoms with Gasteiger partial charge in [0.2, 0.25) is 0 Å². The van der Waals surface area contributed by atoms with Crippen molar-refractivity contribution in [1.82, 2.24) is 0 Å². The van der Waals surface area contributed by atoms with Crippen LogP contribution in [0.1, 0.15) is 17.7 Å². The molecule has 3 heteroatoms. The first-order valence-electron chi connectivity index (χ1n) is 6.25. The summed E-state index contributed by atoms with van der Waals surface area (Å²) in [6.07, 6.45) is -0.0537. The Balaban J connectivity index is 2.10. The molecule has 0 radical (unpaired) electrons. The highest BCUT2D eigenvalue weighted by Crippen LogP contribution is 2.31. The van der Waals surface area contributed by atoms with Crippen molar-refractivity contribution in [2.45, 2.75) is 18.3 Å². The van der Waals surface area contributed by atoms with Crippen LogP contribution in [-0.2, 0) is 0 Å². The maximum absolute atomic E-state index is 5.95. The maximum Gasteiger partial charge on any atom is 0.161 e. The molecule has 0 amide bonds. The molecule has 2 aromatic carbocycles. The molecular weight excluding hydrogens is 256 g/mol. The molecule has 19 heavy (non-hydrogen) atoms. The van der Waals surface area contributed by atoms with Crippen molar-refractivity contribution in [1.29, 1.82) is 0 Å². The van der Waals surface area contributed by atoms with E-state index in [9.17, 15) is 0 Å². The average molecular weight is 274 g/mol. The minimum Gasteiger partial charge on any atom is -0.493 e. The minimum absolute atomic E-state index is 0.0195. The minimum atomic E-state index is -0.0537. The Labute approximate surface area is 119 Å². The number of hydrogen-bond donors (Lipinski definition) is 1. The summed E-state index contributed by atoms with van der Waals surface area (Å²) >= 11 is 4.64. The van der Waals surface area contributed by atoms with Gasteiger partial charge in [-0.3, -0.25) is 0 Å². The fourth-order valence-corrected chi connectivity index (χ4v) is 2.14. The molecular formula is C16H18O2S. The summed E-state index contributed by atoms with van der Waals surface area (Å²) in [6, 6.07) is 17.8. The van der Waals surface area contributed by atoms with E-state index in [1.807, 2.05) is 49.4 Å². The van der Waals surface area contributed by atoms with Crippen molar-refractivity contribution in [3.05, 3.63) is 60.2 Å². The standard InChI is InChI=1S/C16H18O2S/c1-12(16(19)13-8-4-3-5-9-13)18-15-11-7-6-10-14(15)17-2/h3-12,16,19H,1-2H3. The van der Waals surface area contributed by atoms with Crippen LogP contribution in [0, 0.1) is 0 Å². The van der Waals surface area contributed by atoms with Crippen molar-refractivity contribution in [2.24, 2.45) is 0 Å². The largest absolute Gasteiger partial charge is 0.493 e. The molecule has 100 valence electrons. The highest BCUT2D eigenvalue weighted by Gasteiger charge is 2.18. The summed E-state index contributed by atoms with van der Waals surface area (Å²) in [5.74, 6) is 1.48. The van der Waals surface area contributed by atoms with E-state index >= 15 is 0 Å². The third-order valence-electron chi connectivity index (χ3n) is 2.97. The van der Waals surface area contributed by atoms with Gasteiger partial charge in [0.15, 0.2) is 11.5 Å². The van der Waals surface area contributed by atoms with Crippen LogP contribution in [0.2, 0.25) is 0 Å². The predicted molar refractivity (Wildman–Crippen MR) is 81.3 cm³/mol. The first-order valence-corrected chi connectivity index (χ1v) is 6.76. The van der Waals surface area contributed by atoms with Crippen LogP contribution >= 0.6 is 12.6 Å². The third-order valence-corrected chi connectivity index (χ3v) is 3.69. The second kappa shape index (κ2) is 6.53. The molecule has 0 spiro atoms. The molecule has 2 nitrogen and oxygen atoms in total. The molecule has 0 aliphatic heterocycles. The van der Waals surface area contributed by atoms with Crippen molar-refractivity contribution in [3.63, 3.8) is 0 Å². The van der Waals surface area contributed by atoms with E-state index in [1.165, 1.54) is 0 Å². The van der Waals surface area contributed by atoms with E-state index in [2.05, 4.69) is 24.8 Å². The molecule has 0 aliphatic rings. The Morgan fingerprint density at radius 2 is 1.47 bits per heavy atom. The van der Waals surface area contributed by atoms with E-state index in [0.29, 0.717) is 0 Å². The molecule has 0 heterocycles. The van der Waals surface area contributed by atoms with Crippen LogP contribution in [-0.4, -0.2) is 13.2 Å². The van der Waals surface area contributed by atoms with Gasteiger partial charge in [0.1, 0.15) is 6.10 Å². The Bertz CT molecular complexity index is 513. The zero-order valence-electron chi connectivity index (χ0n) is 11.1. The number of rotatable bonds is 5. The second-order valence-electron chi connectivity index (χ2n) is 4.33. The van der Waals surface area contributed by atoms with Gasteiger partial charge in [-0.05, 0) is 24.6 Å². The normalized spacial score (nSPS) is 13.6. The van der Waals surface area contributed by atoms with Gasteiger partial charge < -0.3 is 9.47 Å². The molecule has 2 unspecified atom stereocenters. The average Bonchev–Trinajstić information content (AvgIpc) is 2.48. The molecule has 0 N–H and O–H groups in total. The number of para-hydroxylation sites is 2. The molecule has 0 saturated carbocycles. The Hall–Kier alpha value is -1.61. The third kappa shape index (κ3) is 3.44. The lowest BCUT2D eigenvalue weighted by Crippen LogP contribution is -2.18. The van der Waals surface area contributed by atoms with Crippen LogP contribution in [0.3, 0.4) is 0 Å². The maximum atomic E-state index is 5.95. The lowest BCUT2D eigenvalue weighted by atomic mass is 10.1. The van der Waals surface area contributed by atoms with Crippen LogP contribution in [0.4, 0.5) is 0 Å². The van der Waals surface area contributed by atoms with E-state index in [4.69, 9.17) is 9.47 Å². The summed E-state index contributed by atoms with van der Waals surface area (Å²) in [4.78, 5) is 0. The first-order chi connectivity index (χ1) is 9.22. The van der Waals surface area contributed by atoms with E-state index in [-0.39, 0.29) is 11.4 Å². The zero-order chi connectivity index (χ0) is 13.7. The number of ether oxygens (including phenoxy) is 2. The van der Waals surface area contributed by atoms with Gasteiger partial charge in [0.05, 0.1) is 12.4 Å². The molecule has 0 aliphatic carbocycles. The number of methoxy groups -OCH3 is 1. The van der Waals surface area contributed by atoms with Crippen molar-refractivity contribution in [3.8, 4) is 11.5 Å². The highest BCUT2D eigenvalue weighted by atomic mass is 32.1. The van der Waals surface area contributed by atoms with Crippen molar-refractivity contribution >= 4 is 12.6 Å². The smallest absolute Gasteiger partial charge is 0.161 e. The number of hydrogen-bond acceptors (Lipinski definition) is 3. The second-order valence-corrected chi connectivity index (χ2v) is 4.89. The molecule has 0 bridgehead atoms. The van der Waals surface area contributed by atoms with Gasteiger partial charge in [-0.1, -0.05) is 42.5 Å². The molecule has 2 rings (SSSR count). The molecule has 2 atom stereocenters. The van der Waals surface area contributed by atoms with Gasteiger partial charge in [0, 0.05) is 0 Å². The Kier molecular flexibility index (Phi) is 4.74. The van der Waals surface area contributed by atoms with Crippen molar-refractivity contribution in [2.75, 3.05) is 7.11 Å². The van der Waals surface area contributed by atoms with Crippen LogP contribution in [0.5, 0.6) is 11.5 Å². The number of benzene rings is 2. The van der Waals surface area contributed by atoms with Crippen LogP contribution in [0.25, 0.3) is 0 Å². The highest BCUT2D eigenvalue weighted by molar-refractivity contribution is 7.80. The topological polar surface area (TPSA) is 18.5 Å². The van der Waals surface area contributed by atoms with E-state index in [1.54, 1.807) is 7.11 Å². The number of thiol groups is 1. The summed E-state index contributed by atoms with van der Waals surface area (Å²) in [5, 5.41) is 0.0195. The quantitative estimate of drug-likeness (QED) is 0.826. The zero-order valence-corrected chi connectivity index (χ0v) is 12.0. The van der Waals surface area contributed by atoms with Gasteiger partial charge >= 0.3 is 0 Å². The van der Waals surface area contributed by atoms with Crippen LogP contribution < -0.4 is 9.47 Å². The monoisotopic (exact) mass is 274 g/mol. The van der Waals surface area contributed by atoms with Gasteiger partial charge in [-0.15, -0.1) is 0 Å². The molecule has 2 aromatic rings. The Morgan fingerprint density at radius 1 is 0.895 bits per heavy atom. The lowest BCUT2D eigenvalue weighted by molar-refractivity contribution is 0.209. The fraction of sp³-hybridized carbons (Fsp3) is 0.250. The van der Waals surface area contributed by atoms with Gasteiger partial charge in [-0.25, -0.2) is 0 Å². The lowest BCUT2D eigenvalue weighted by Gasteiger charge is -2.22. The summed E-state index contributed by atoms with van der Waals surface area (Å²) < 4.78 is 11.2. The van der Waals surface area contributed by atoms with E-state index < -0.39 is 0 Å². The van der Waals surface area contributed by atoms with E-state index in [0.717, 1.165) is 17.1 Å². The molecule has 0 fully saturated rings. The van der Waals surface area contributed by atoms with Gasteiger partial charge in [0.25, 0.3) is 0 Å². The molecule has 0 saturated heterocycles. The first kappa shape index (κ1) is 13.8. The van der Waals surface area contributed by atoms with Crippen LogP contribution in [0.15, 0.2) is 54.6 Å². The van der Waals surface area contributed by atoms with Crippen molar-refractivity contribution < 1.29 is 9.47 Å². The molecule has 0 aromatic heterocycles. The SMILES string of the molecule is COc1ccccc1OC(C)C(S)c1ccccc1. The predicted octanol–water partition coefficient (Wildman–Crippen LogP) is 4.13. The summed E-state index contributed by atoms with van der Waals surface area (Å²) in [5.41, 5.74) is 1.15. The summed E-state index contributed by atoms with van der Waals surface area (Å²) in [7, 11) is 1.64. The summed E-state index contributed by atoms with van der Waals surface area (Å²) in [6.45, 7) is 2.01. The Morgan fingerprint density at radius 3 is 2.11 bits per heavy atom.